The molecular weight excluding hydrogens is 433 g/mol. The number of amides is 1. The predicted octanol–water partition coefficient (Wildman–Crippen LogP) is 3.54. The summed E-state index contributed by atoms with van der Waals surface area (Å²) in [5.74, 6) is -0.598. The first-order valence-corrected chi connectivity index (χ1v) is 11.0. The molecule has 0 aliphatic rings. The zero-order valence-electron chi connectivity index (χ0n) is 17.2. The second-order valence-electron chi connectivity index (χ2n) is 6.89. The Morgan fingerprint density at radius 2 is 1.81 bits per heavy atom. The third kappa shape index (κ3) is 5.91. The Bertz CT molecular complexity index is 1250. The molecule has 0 unspecified atom stereocenters. The van der Waals surface area contributed by atoms with E-state index in [2.05, 4.69) is 11.4 Å². The van der Waals surface area contributed by atoms with Gasteiger partial charge in [-0.15, -0.1) is 0 Å². The Balaban J connectivity index is 1.60. The van der Waals surface area contributed by atoms with Crippen LogP contribution in [-0.4, -0.2) is 32.2 Å². The van der Waals surface area contributed by atoms with E-state index in [1.54, 1.807) is 42.5 Å². The van der Waals surface area contributed by atoms with Crippen LogP contribution in [0.3, 0.4) is 0 Å². The summed E-state index contributed by atoms with van der Waals surface area (Å²) < 4.78 is 44.7. The summed E-state index contributed by atoms with van der Waals surface area (Å²) in [7, 11) is -2.67. The number of anilines is 1. The lowest BCUT2D eigenvalue weighted by Gasteiger charge is -2.17. The van der Waals surface area contributed by atoms with Crippen LogP contribution in [0.2, 0.25) is 0 Å². The fraction of sp³-hybridized carbons (Fsp3) is 0.130. The van der Waals surface area contributed by atoms with Gasteiger partial charge in [-0.05, 0) is 54.1 Å². The molecule has 0 bridgehead atoms. The molecule has 0 aliphatic heterocycles. The number of carbonyl (C=O) groups excluding carboxylic acids is 1. The van der Waals surface area contributed by atoms with Crippen LogP contribution >= 0.6 is 0 Å². The first-order chi connectivity index (χ1) is 15.3. The van der Waals surface area contributed by atoms with E-state index in [1.165, 1.54) is 7.05 Å². The van der Waals surface area contributed by atoms with Gasteiger partial charge in [0.2, 0.25) is 15.9 Å². The number of benzene rings is 3. The van der Waals surface area contributed by atoms with E-state index in [-0.39, 0.29) is 11.5 Å². The summed E-state index contributed by atoms with van der Waals surface area (Å²) in [6.45, 7) is -0.183. The van der Waals surface area contributed by atoms with Gasteiger partial charge in [-0.1, -0.05) is 18.2 Å². The second-order valence-corrected chi connectivity index (χ2v) is 8.94. The van der Waals surface area contributed by atoms with Crippen LogP contribution in [0.25, 0.3) is 0 Å². The fourth-order valence-electron chi connectivity index (χ4n) is 2.84. The molecule has 1 amide bonds. The highest BCUT2D eigenvalue weighted by Crippen LogP contribution is 2.20. The lowest BCUT2D eigenvalue weighted by atomic mass is 10.1. The molecule has 3 rings (SSSR count). The molecule has 3 aromatic carbocycles. The van der Waals surface area contributed by atoms with Crippen LogP contribution in [0.15, 0.2) is 77.7 Å². The Morgan fingerprint density at radius 3 is 2.53 bits per heavy atom. The van der Waals surface area contributed by atoms with Gasteiger partial charge in [-0.3, -0.25) is 4.79 Å². The van der Waals surface area contributed by atoms with E-state index >= 15 is 0 Å². The van der Waals surface area contributed by atoms with Gasteiger partial charge >= 0.3 is 0 Å². The van der Waals surface area contributed by atoms with Crippen molar-refractivity contribution in [2.45, 2.75) is 11.5 Å². The minimum Gasteiger partial charge on any atom is -0.489 e. The Labute approximate surface area is 185 Å². The number of nitriles is 1. The summed E-state index contributed by atoms with van der Waals surface area (Å²) in [5, 5.41) is 11.6. The first kappa shape index (κ1) is 22.9. The van der Waals surface area contributed by atoms with Crippen molar-refractivity contribution in [3.63, 3.8) is 0 Å². The summed E-state index contributed by atoms with van der Waals surface area (Å²) in [4.78, 5) is 12.3. The number of sulfonamides is 1. The van der Waals surface area contributed by atoms with Crippen molar-refractivity contribution in [1.82, 2.24) is 4.31 Å². The molecule has 0 spiro atoms. The SMILES string of the molecule is CN(CC(=O)Nc1cccc(OCc2cccc(C#N)c2)c1)S(=O)(=O)c1ccc(F)cc1. The van der Waals surface area contributed by atoms with Crippen molar-refractivity contribution in [2.24, 2.45) is 0 Å². The van der Waals surface area contributed by atoms with Crippen LogP contribution in [0.5, 0.6) is 5.75 Å². The quantitative estimate of drug-likeness (QED) is 0.562. The number of carbonyl (C=O) groups is 1. The number of likely N-dealkylation sites (N-methyl/N-ethyl adjacent to an activating group) is 1. The fourth-order valence-corrected chi connectivity index (χ4v) is 3.96. The maximum Gasteiger partial charge on any atom is 0.243 e. The van der Waals surface area contributed by atoms with Gasteiger partial charge in [0.25, 0.3) is 0 Å². The number of rotatable bonds is 8. The van der Waals surface area contributed by atoms with E-state index in [0.29, 0.717) is 17.0 Å². The number of hydrogen-bond donors (Lipinski definition) is 1. The normalized spacial score (nSPS) is 11.1. The molecule has 0 fully saturated rings. The zero-order chi connectivity index (χ0) is 23.1. The van der Waals surface area contributed by atoms with Gasteiger partial charge in [0.05, 0.1) is 23.1 Å². The lowest BCUT2D eigenvalue weighted by molar-refractivity contribution is -0.116. The van der Waals surface area contributed by atoms with Crippen molar-refractivity contribution in [1.29, 1.82) is 5.26 Å². The largest absolute Gasteiger partial charge is 0.489 e. The van der Waals surface area contributed by atoms with Crippen molar-refractivity contribution < 1.29 is 22.3 Å². The molecule has 0 heterocycles. The maximum absolute atomic E-state index is 13.1. The van der Waals surface area contributed by atoms with Crippen LogP contribution in [0, 0.1) is 17.1 Å². The minimum absolute atomic E-state index is 0.106. The predicted molar refractivity (Wildman–Crippen MR) is 117 cm³/mol. The highest BCUT2D eigenvalue weighted by atomic mass is 32.2. The van der Waals surface area contributed by atoms with E-state index in [0.717, 1.165) is 34.1 Å². The van der Waals surface area contributed by atoms with Gasteiger partial charge in [-0.25, -0.2) is 12.8 Å². The topological polar surface area (TPSA) is 99.5 Å². The van der Waals surface area contributed by atoms with Crippen LogP contribution in [0.1, 0.15) is 11.1 Å². The highest BCUT2D eigenvalue weighted by Gasteiger charge is 2.23. The summed E-state index contributed by atoms with van der Waals surface area (Å²) in [5.41, 5.74) is 1.80. The van der Waals surface area contributed by atoms with Crippen molar-refractivity contribution in [2.75, 3.05) is 18.9 Å². The number of nitrogens with one attached hydrogen (secondary N) is 1. The molecular formula is C23H20FN3O4S. The van der Waals surface area contributed by atoms with E-state index in [1.807, 2.05) is 6.07 Å². The summed E-state index contributed by atoms with van der Waals surface area (Å²) >= 11 is 0. The Kier molecular flexibility index (Phi) is 7.20. The number of nitrogens with zero attached hydrogens (tertiary/aromatic N) is 2. The molecule has 164 valence electrons. The lowest BCUT2D eigenvalue weighted by Crippen LogP contribution is -2.34. The Morgan fingerprint density at radius 1 is 1.09 bits per heavy atom. The number of hydrogen-bond acceptors (Lipinski definition) is 5. The maximum atomic E-state index is 13.1. The van der Waals surface area contributed by atoms with Crippen LogP contribution in [0.4, 0.5) is 10.1 Å². The third-order valence-electron chi connectivity index (χ3n) is 4.47. The number of halogens is 1. The second kappa shape index (κ2) is 10.0. The molecule has 0 saturated heterocycles. The molecule has 0 radical (unpaired) electrons. The zero-order valence-corrected chi connectivity index (χ0v) is 18.0. The average Bonchev–Trinajstić information content (AvgIpc) is 2.78. The molecule has 7 nitrogen and oxygen atoms in total. The van der Waals surface area contributed by atoms with E-state index in [9.17, 15) is 17.6 Å². The van der Waals surface area contributed by atoms with E-state index < -0.39 is 28.3 Å². The molecule has 32 heavy (non-hydrogen) atoms. The van der Waals surface area contributed by atoms with Crippen molar-refractivity contribution in [3.8, 4) is 11.8 Å². The van der Waals surface area contributed by atoms with Crippen LogP contribution < -0.4 is 10.1 Å². The van der Waals surface area contributed by atoms with Crippen molar-refractivity contribution in [3.05, 3.63) is 89.7 Å². The van der Waals surface area contributed by atoms with Crippen molar-refractivity contribution >= 4 is 21.6 Å². The number of ether oxygens (including phenoxy) is 1. The van der Waals surface area contributed by atoms with E-state index in [4.69, 9.17) is 10.00 Å². The summed E-state index contributed by atoms with van der Waals surface area (Å²) in [6, 6.07) is 20.1. The van der Waals surface area contributed by atoms with Gasteiger partial charge in [0.15, 0.2) is 0 Å². The van der Waals surface area contributed by atoms with Gasteiger partial charge < -0.3 is 10.1 Å². The van der Waals surface area contributed by atoms with Gasteiger partial charge in [0.1, 0.15) is 18.2 Å². The monoisotopic (exact) mass is 453 g/mol. The molecule has 9 heteroatoms. The Hall–Kier alpha value is -3.74. The summed E-state index contributed by atoms with van der Waals surface area (Å²) in [6.07, 6.45) is 0. The van der Waals surface area contributed by atoms with Gasteiger partial charge in [-0.2, -0.15) is 9.57 Å². The average molecular weight is 453 g/mol. The molecule has 0 aliphatic carbocycles. The minimum atomic E-state index is -3.94. The van der Waals surface area contributed by atoms with Crippen LogP contribution in [-0.2, 0) is 21.4 Å². The standard InChI is InChI=1S/C23H20FN3O4S/c1-27(32(29,30)22-10-8-19(24)9-11-22)15-23(28)26-20-6-3-7-21(13-20)31-16-18-5-2-4-17(12-18)14-25/h2-13H,15-16H2,1H3,(H,26,28). The molecule has 0 atom stereocenters. The molecule has 0 saturated carbocycles. The highest BCUT2D eigenvalue weighted by molar-refractivity contribution is 7.89. The molecule has 0 aromatic heterocycles. The smallest absolute Gasteiger partial charge is 0.243 e. The molecule has 1 N–H and O–H groups in total. The third-order valence-corrected chi connectivity index (χ3v) is 6.29. The van der Waals surface area contributed by atoms with Gasteiger partial charge in [0, 0.05) is 18.8 Å². The molecule has 3 aromatic rings. The first-order valence-electron chi connectivity index (χ1n) is 9.51.